The van der Waals surface area contributed by atoms with E-state index in [2.05, 4.69) is 20.9 Å². The zero-order chi connectivity index (χ0) is 19.4. The molecular formula is C17H26F3IN4O2. The van der Waals surface area contributed by atoms with Crippen LogP contribution in [0.25, 0.3) is 0 Å². The summed E-state index contributed by atoms with van der Waals surface area (Å²) in [5.74, 6) is 0.176. The fourth-order valence-electron chi connectivity index (χ4n) is 1.98. The van der Waals surface area contributed by atoms with Crippen LogP contribution in [0.2, 0.25) is 0 Å². The van der Waals surface area contributed by atoms with Crippen LogP contribution in [0.5, 0.6) is 0 Å². The molecule has 0 bridgehead atoms. The van der Waals surface area contributed by atoms with E-state index in [0.29, 0.717) is 45.4 Å². The summed E-state index contributed by atoms with van der Waals surface area (Å²) in [7, 11) is 0. The van der Waals surface area contributed by atoms with Crippen LogP contribution in [-0.4, -0.2) is 51.3 Å². The third kappa shape index (κ3) is 10.4. The summed E-state index contributed by atoms with van der Waals surface area (Å²) >= 11 is 0. The highest BCUT2D eigenvalue weighted by atomic mass is 127. The minimum absolute atomic E-state index is 0. The number of carbonyl (C=O) groups excluding carboxylic acids is 1. The van der Waals surface area contributed by atoms with Crippen LogP contribution in [0.15, 0.2) is 29.3 Å². The molecule has 27 heavy (non-hydrogen) atoms. The highest BCUT2D eigenvalue weighted by Gasteiger charge is 2.30. The Hall–Kier alpha value is -1.56. The number of benzene rings is 1. The molecule has 0 spiro atoms. The van der Waals surface area contributed by atoms with Gasteiger partial charge in [0, 0.05) is 31.8 Å². The first-order chi connectivity index (χ1) is 12.4. The van der Waals surface area contributed by atoms with E-state index in [4.69, 9.17) is 4.74 Å². The maximum Gasteiger partial charge on any atom is 0.416 e. The molecule has 0 radical (unpaired) electrons. The van der Waals surface area contributed by atoms with Gasteiger partial charge in [-0.05, 0) is 38.1 Å². The molecule has 0 atom stereocenters. The first-order valence-corrected chi connectivity index (χ1v) is 8.43. The number of carbonyl (C=O) groups is 1. The van der Waals surface area contributed by atoms with E-state index < -0.39 is 17.6 Å². The van der Waals surface area contributed by atoms with E-state index in [0.717, 1.165) is 24.3 Å². The average Bonchev–Trinajstić information content (AvgIpc) is 2.61. The van der Waals surface area contributed by atoms with Crippen LogP contribution in [0.4, 0.5) is 13.2 Å². The number of halogens is 4. The van der Waals surface area contributed by atoms with E-state index in [1.165, 1.54) is 0 Å². The number of aliphatic imine (C=N–C) groups is 1. The minimum atomic E-state index is -4.41. The van der Waals surface area contributed by atoms with Crippen molar-refractivity contribution in [1.29, 1.82) is 0 Å². The highest BCUT2D eigenvalue weighted by molar-refractivity contribution is 14.0. The van der Waals surface area contributed by atoms with Crippen molar-refractivity contribution in [2.75, 3.05) is 39.4 Å². The number of nitrogens with one attached hydrogen (secondary N) is 3. The van der Waals surface area contributed by atoms with Crippen molar-refractivity contribution in [2.24, 2.45) is 4.99 Å². The van der Waals surface area contributed by atoms with Gasteiger partial charge < -0.3 is 20.7 Å². The Balaban J connectivity index is 0.00000676. The third-order valence-electron chi connectivity index (χ3n) is 3.23. The Labute approximate surface area is 174 Å². The maximum absolute atomic E-state index is 12.5. The summed E-state index contributed by atoms with van der Waals surface area (Å²) in [6, 6.07) is 4.10. The predicted octanol–water partition coefficient (Wildman–Crippen LogP) is 2.64. The topological polar surface area (TPSA) is 74.8 Å². The van der Waals surface area contributed by atoms with Crippen LogP contribution in [0.3, 0.4) is 0 Å². The number of guanidine groups is 1. The summed E-state index contributed by atoms with van der Waals surface area (Å²) in [5, 5.41) is 8.76. The fourth-order valence-corrected chi connectivity index (χ4v) is 1.98. The van der Waals surface area contributed by atoms with Crippen molar-refractivity contribution >= 4 is 35.8 Å². The molecule has 154 valence electrons. The van der Waals surface area contributed by atoms with E-state index in [-0.39, 0.29) is 29.5 Å². The van der Waals surface area contributed by atoms with Gasteiger partial charge in [-0.2, -0.15) is 13.2 Å². The van der Waals surface area contributed by atoms with Crippen LogP contribution in [0.1, 0.15) is 29.8 Å². The third-order valence-corrected chi connectivity index (χ3v) is 3.23. The molecule has 0 unspecified atom stereocenters. The molecule has 6 nitrogen and oxygen atoms in total. The van der Waals surface area contributed by atoms with Gasteiger partial charge in [-0.1, -0.05) is 0 Å². The van der Waals surface area contributed by atoms with Crippen molar-refractivity contribution in [1.82, 2.24) is 16.0 Å². The van der Waals surface area contributed by atoms with Crippen molar-refractivity contribution in [3.8, 4) is 0 Å². The summed E-state index contributed by atoms with van der Waals surface area (Å²) in [5.41, 5.74) is -0.607. The molecule has 1 aromatic carbocycles. The second-order valence-electron chi connectivity index (χ2n) is 5.22. The van der Waals surface area contributed by atoms with Gasteiger partial charge in [0.2, 0.25) is 0 Å². The first kappa shape index (κ1) is 25.4. The van der Waals surface area contributed by atoms with Crippen LogP contribution >= 0.6 is 24.0 Å². The number of nitrogens with zero attached hydrogens (tertiary/aromatic N) is 1. The van der Waals surface area contributed by atoms with E-state index in [9.17, 15) is 18.0 Å². The SMILES string of the molecule is CCNC(=NCCOCC)NCCNC(=O)c1ccc(C(F)(F)F)cc1.I. The second-order valence-corrected chi connectivity index (χ2v) is 5.22. The van der Waals surface area contributed by atoms with Crippen molar-refractivity contribution in [2.45, 2.75) is 20.0 Å². The lowest BCUT2D eigenvalue weighted by Gasteiger charge is -2.12. The van der Waals surface area contributed by atoms with E-state index >= 15 is 0 Å². The normalized spacial score (nSPS) is 11.5. The number of amides is 1. The zero-order valence-corrected chi connectivity index (χ0v) is 17.7. The Bertz CT molecular complexity index is 581. The number of rotatable bonds is 9. The first-order valence-electron chi connectivity index (χ1n) is 8.43. The van der Waals surface area contributed by atoms with Gasteiger partial charge in [0.25, 0.3) is 5.91 Å². The van der Waals surface area contributed by atoms with E-state index in [1.54, 1.807) is 0 Å². The fraction of sp³-hybridized carbons (Fsp3) is 0.529. The summed E-state index contributed by atoms with van der Waals surface area (Å²) in [6.45, 7) is 6.94. The molecule has 1 rings (SSSR count). The highest BCUT2D eigenvalue weighted by Crippen LogP contribution is 2.28. The second kappa shape index (κ2) is 13.6. The zero-order valence-electron chi connectivity index (χ0n) is 15.4. The molecule has 1 aromatic rings. The molecule has 0 saturated carbocycles. The number of ether oxygens (including phenoxy) is 1. The lowest BCUT2D eigenvalue weighted by atomic mass is 10.1. The average molecular weight is 502 g/mol. The number of hydrogen-bond donors (Lipinski definition) is 3. The van der Waals surface area contributed by atoms with Crippen LogP contribution < -0.4 is 16.0 Å². The summed E-state index contributed by atoms with van der Waals surface area (Å²) < 4.78 is 42.7. The van der Waals surface area contributed by atoms with Gasteiger partial charge in [-0.25, -0.2) is 0 Å². The molecule has 1 amide bonds. The summed E-state index contributed by atoms with van der Waals surface area (Å²) in [6.07, 6.45) is -4.41. The lowest BCUT2D eigenvalue weighted by molar-refractivity contribution is -0.137. The number of hydrogen-bond acceptors (Lipinski definition) is 3. The van der Waals surface area contributed by atoms with Crippen LogP contribution in [0, 0.1) is 0 Å². The van der Waals surface area contributed by atoms with Gasteiger partial charge in [-0.3, -0.25) is 9.79 Å². The molecule has 0 fully saturated rings. The van der Waals surface area contributed by atoms with Gasteiger partial charge in [0.15, 0.2) is 5.96 Å². The van der Waals surface area contributed by atoms with Gasteiger partial charge in [-0.15, -0.1) is 24.0 Å². The summed E-state index contributed by atoms with van der Waals surface area (Å²) in [4.78, 5) is 16.2. The molecule has 10 heteroatoms. The lowest BCUT2D eigenvalue weighted by Crippen LogP contribution is -2.41. The molecule has 0 saturated heterocycles. The minimum Gasteiger partial charge on any atom is -0.380 e. The van der Waals surface area contributed by atoms with Crippen molar-refractivity contribution in [3.05, 3.63) is 35.4 Å². The maximum atomic E-state index is 12.5. The van der Waals surface area contributed by atoms with Crippen molar-refractivity contribution < 1.29 is 22.7 Å². The molecule has 0 heterocycles. The molecule has 0 aromatic heterocycles. The Kier molecular flexibility index (Phi) is 12.8. The Morgan fingerprint density at radius 1 is 1.07 bits per heavy atom. The van der Waals surface area contributed by atoms with Gasteiger partial charge >= 0.3 is 6.18 Å². The molecule has 0 aliphatic carbocycles. The van der Waals surface area contributed by atoms with Gasteiger partial charge in [0.05, 0.1) is 18.7 Å². The standard InChI is InChI=1S/C17H25F3N4O2.HI/c1-3-21-16(24-11-12-26-4-2)23-10-9-22-15(25)13-5-7-14(8-6-13)17(18,19)20;/h5-8H,3-4,9-12H2,1-2H3,(H,22,25)(H2,21,23,24);1H. The molecule has 3 N–H and O–H groups in total. The quantitative estimate of drug-likeness (QED) is 0.210. The molecular weight excluding hydrogens is 476 g/mol. The van der Waals surface area contributed by atoms with Crippen molar-refractivity contribution in [3.63, 3.8) is 0 Å². The van der Waals surface area contributed by atoms with Crippen LogP contribution in [-0.2, 0) is 10.9 Å². The predicted molar refractivity (Wildman–Crippen MR) is 110 cm³/mol. The Morgan fingerprint density at radius 2 is 1.70 bits per heavy atom. The van der Waals surface area contributed by atoms with Gasteiger partial charge in [0.1, 0.15) is 0 Å². The smallest absolute Gasteiger partial charge is 0.380 e. The molecule has 0 aliphatic rings. The number of alkyl halides is 3. The largest absolute Gasteiger partial charge is 0.416 e. The van der Waals surface area contributed by atoms with E-state index in [1.807, 2.05) is 13.8 Å². The molecule has 0 aliphatic heterocycles. The Morgan fingerprint density at radius 3 is 2.26 bits per heavy atom. The monoisotopic (exact) mass is 502 g/mol.